The molecule has 1 fully saturated rings. The van der Waals surface area contributed by atoms with Crippen LogP contribution in [0, 0.1) is 0 Å². The number of aromatic nitrogens is 1. The van der Waals surface area contributed by atoms with Crippen LogP contribution < -0.4 is 10.1 Å². The van der Waals surface area contributed by atoms with Crippen LogP contribution in [-0.4, -0.2) is 47.7 Å². The van der Waals surface area contributed by atoms with E-state index in [0.29, 0.717) is 24.6 Å². The summed E-state index contributed by atoms with van der Waals surface area (Å²) in [5.41, 5.74) is 2.74. The Labute approximate surface area is 179 Å². The van der Waals surface area contributed by atoms with Crippen LogP contribution in [0.5, 0.6) is 5.88 Å². The van der Waals surface area contributed by atoms with Crippen molar-refractivity contribution in [2.75, 3.05) is 19.7 Å². The monoisotopic (exact) mass is 411 g/mol. The Morgan fingerprint density at radius 1 is 1.20 bits per heavy atom. The molecule has 0 radical (unpaired) electrons. The Balaban J connectivity index is 1.53. The second kappa shape index (κ2) is 11.1. The number of unbranched alkanes of at least 4 members (excludes halogenated alkanes) is 1. The fourth-order valence-electron chi connectivity index (χ4n) is 3.71. The Kier molecular flexibility index (Phi) is 8.22. The third-order valence-corrected chi connectivity index (χ3v) is 5.14. The molecule has 1 aliphatic heterocycles. The fraction of sp³-hybridized carbons (Fsp3) is 0.500. The van der Waals surface area contributed by atoms with Crippen LogP contribution in [0.2, 0.25) is 0 Å². The van der Waals surface area contributed by atoms with Crippen molar-refractivity contribution < 1.29 is 14.3 Å². The molecule has 2 unspecified atom stereocenters. The molecule has 1 N–H and O–H groups in total. The van der Waals surface area contributed by atoms with Gasteiger partial charge < -0.3 is 14.8 Å². The maximum atomic E-state index is 12.6. The number of morpholine rings is 1. The summed E-state index contributed by atoms with van der Waals surface area (Å²) in [6.07, 6.45) is 4.26. The van der Waals surface area contributed by atoms with Gasteiger partial charge in [-0.25, -0.2) is 4.98 Å². The van der Waals surface area contributed by atoms with Gasteiger partial charge in [-0.05, 0) is 44.0 Å². The van der Waals surface area contributed by atoms with Crippen LogP contribution in [-0.2, 0) is 17.8 Å². The maximum absolute atomic E-state index is 12.6. The van der Waals surface area contributed by atoms with E-state index in [-0.39, 0.29) is 18.1 Å². The van der Waals surface area contributed by atoms with Crippen molar-refractivity contribution in [3.05, 3.63) is 59.3 Å². The van der Waals surface area contributed by atoms with Crippen LogP contribution >= 0.6 is 0 Å². The zero-order chi connectivity index (χ0) is 21.3. The van der Waals surface area contributed by atoms with Gasteiger partial charge in [-0.1, -0.05) is 31.5 Å². The molecule has 0 aliphatic carbocycles. The summed E-state index contributed by atoms with van der Waals surface area (Å²) in [5.74, 6) is 0.495. The molecule has 0 bridgehead atoms. The molecule has 1 aromatic carbocycles. The summed E-state index contributed by atoms with van der Waals surface area (Å²) < 4.78 is 11.5. The number of nitrogens with zero attached hydrogens (tertiary/aromatic N) is 2. The number of hydrogen-bond acceptors (Lipinski definition) is 5. The van der Waals surface area contributed by atoms with Gasteiger partial charge in [0, 0.05) is 43.5 Å². The van der Waals surface area contributed by atoms with E-state index in [4.69, 9.17) is 9.47 Å². The highest BCUT2D eigenvalue weighted by Gasteiger charge is 2.22. The highest BCUT2D eigenvalue weighted by Crippen LogP contribution is 2.16. The number of amides is 1. The second-order valence-electron chi connectivity index (χ2n) is 8.00. The van der Waals surface area contributed by atoms with E-state index in [1.54, 1.807) is 6.20 Å². The van der Waals surface area contributed by atoms with Gasteiger partial charge in [-0.15, -0.1) is 0 Å². The van der Waals surface area contributed by atoms with Gasteiger partial charge in [0.05, 0.1) is 18.8 Å². The number of pyridine rings is 1. The lowest BCUT2D eigenvalue weighted by atomic mass is 10.1. The fourth-order valence-corrected chi connectivity index (χ4v) is 3.71. The Morgan fingerprint density at radius 3 is 2.63 bits per heavy atom. The first kappa shape index (κ1) is 22.2. The molecule has 3 rings (SSSR count). The highest BCUT2D eigenvalue weighted by atomic mass is 16.5. The second-order valence-corrected chi connectivity index (χ2v) is 8.00. The van der Waals surface area contributed by atoms with Gasteiger partial charge in [0.2, 0.25) is 5.88 Å². The van der Waals surface area contributed by atoms with Gasteiger partial charge >= 0.3 is 0 Å². The Bertz CT molecular complexity index is 800. The van der Waals surface area contributed by atoms with Gasteiger partial charge in [0.25, 0.3) is 5.91 Å². The molecular formula is C24H33N3O3. The van der Waals surface area contributed by atoms with Crippen molar-refractivity contribution in [1.82, 2.24) is 15.2 Å². The summed E-state index contributed by atoms with van der Waals surface area (Å²) in [4.78, 5) is 19.3. The first-order valence-electron chi connectivity index (χ1n) is 10.9. The molecule has 2 atom stereocenters. The summed E-state index contributed by atoms with van der Waals surface area (Å²) in [7, 11) is 0. The van der Waals surface area contributed by atoms with Gasteiger partial charge in [0.15, 0.2) is 0 Å². The molecular weight excluding hydrogens is 378 g/mol. The molecule has 1 amide bonds. The molecule has 30 heavy (non-hydrogen) atoms. The number of nitrogens with one attached hydrogen (secondary N) is 1. The van der Waals surface area contributed by atoms with E-state index in [2.05, 4.69) is 36.0 Å². The van der Waals surface area contributed by atoms with E-state index >= 15 is 0 Å². The summed E-state index contributed by atoms with van der Waals surface area (Å²) in [6.45, 7) is 10.1. The average Bonchev–Trinajstić information content (AvgIpc) is 2.73. The van der Waals surface area contributed by atoms with Gasteiger partial charge in [-0.3, -0.25) is 9.69 Å². The molecule has 1 aromatic heterocycles. The molecule has 162 valence electrons. The Morgan fingerprint density at radius 2 is 1.93 bits per heavy atom. The van der Waals surface area contributed by atoms with Crippen LogP contribution in [0.25, 0.3) is 0 Å². The third kappa shape index (κ3) is 6.54. The van der Waals surface area contributed by atoms with Crippen molar-refractivity contribution in [2.45, 2.75) is 58.9 Å². The smallest absolute Gasteiger partial charge is 0.251 e. The SMILES string of the molecule is CCCCOc1ncccc1CNC(=O)c1ccc(CN2CC(C)OC(C)C2)cc1. The van der Waals surface area contributed by atoms with Crippen molar-refractivity contribution >= 4 is 5.91 Å². The van der Waals surface area contributed by atoms with E-state index in [9.17, 15) is 4.79 Å². The van der Waals surface area contributed by atoms with Crippen molar-refractivity contribution in [1.29, 1.82) is 0 Å². The molecule has 2 heterocycles. The summed E-state index contributed by atoms with van der Waals surface area (Å²) >= 11 is 0. The van der Waals surface area contributed by atoms with Crippen LogP contribution in [0.3, 0.4) is 0 Å². The minimum atomic E-state index is -0.0986. The summed E-state index contributed by atoms with van der Waals surface area (Å²) in [5, 5.41) is 2.97. The molecule has 6 heteroatoms. The normalized spacial score (nSPS) is 19.4. The average molecular weight is 412 g/mol. The quantitative estimate of drug-likeness (QED) is 0.636. The largest absolute Gasteiger partial charge is 0.477 e. The predicted molar refractivity (Wildman–Crippen MR) is 118 cm³/mol. The van der Waals surface area contributed by atoms with E-state index in [0.717, 1.165) is 38.0 Å². The zero-order valence-electron chi connectivity index (χ0n) is 18.3. The van der Waals surface area contributed by atoms with Gasteiger partial charge in [0.1, 0.15) is 0 Å². The summed E-state index contributed by atoms with van der Waals surface area (Å²) in [6, 6.07) is 11.6. The number of carbonyl (C=O) groups excluding carboxylic acids is 1. The number of benzene rings is 1. The minimum Gasteiger partial charge on any atom is -0.477 e. The van der Waals surface area contributed by atoms with Crippen molar-refractivity contribution in [3.63, 3.8) is 0 Å². The number of carbonyl (C=O) groups is 1. The van der Waals surface area contributed by atoms with Crippen LogP contribution in [0.4, 0.5) is 0 Å². The Hall–Kier alpha value is -2.44. The molecule has 1 aliphatic rings. The van der Waals surface area contributed by atoms with E-state index < -0.39 is 0 Å². The predicted octanol–water partition coefficient (Wildman–Crippen LogP) is 3.80. The first-order valence-corrected chi connectivity index (χ1v) is 10.9. The lowest BCUT2D eigenvalue weighted by molar-refractivity contribution is -0.0704. The molecule has 0 spiro atoms. The lowest BCUT2D eigenvalue weighted by Crippen LogP contribution is -2.44. The van der Waals surface area contributed by atoms with Crippen molar-refractivity contribution in [2.24, 2.45) is 0 Å². The molecule has 0 saturated carbocycles. The number of rotatable bonds is 9. The molecule has 6 nitrogen and oxygen atoms in total. The standard InChI is InChI=1S/C24H33N3O3/c1-4-5-13-29-24-22(7-6-12-25-24)14-26-23(28)21-10-8-20(9-11-21)17-27-15-18(2)30-19(3)16-27/h6-12,18-19H,4-5,13-17H2,1-3H3,(H,26,28). The number of hydrogen-bond donors (Lipinski definition) is 1. The molecule has 2 aromatic rings. The van der Waals surface area contributed by atoms with E-state index in [1.165, 1.54) is 5.56 Å². The number of ether oxygens (including phenoxy) is 2. The maximum Gasteiger partial charge on any atom is 0.251 e. The zero-order valence-corrected chi connectivity index (χ0v) is 18.3. The van der Waals surface area contributed by atoms with Gasteiger partial charge in [-0.2, -0.15) is 0 Å². The molecule has 1 saturated heterocycles. The van der Waals surface area contributed by atoms with E-state index in [1.807, 2.05) is 36.4 Å². The third-order valence-electron chi connectivity index (χ3n) is 5.14. The minimum absolute atomic E-state index is 0.0986. The van der Waals surface area contributed by atoms with Crippen LogP contribution in [0.1, 0.15) is 55.1 Å². The van der Waals surface area contributed by atoms with Crippen LogP contribution in [0.15, 0.2) is 42.6 Å². The topological polar surface area (TPSA) is 63.7 Å². The first-order chi connectivity index (χ1) is 14.5. The highest BCUT2D eigenvalue weighted by molar-refractivity contribution is 5.94. The van der Waals surface area contributed by atoms with Crippen molar-refractivity contribution in [3.8, 4) is 5.88 Å². The lowest BCUT2D eigenvalue weighted by Gasteiger charge is -2.35.